The largest absolute Gasteiger partial charge is 0.495 e. The Morgan fingerprint density at radius 2 is 2.24 bits per heavy atom. The van der Waals surface area contributed by atoms with Crippen LogP contribution in [0.5, 0.6) is 5.75 Å². The topological polar surface area (TPSA) is 34.2 Å². The molecule has 90 valence electrons. The SMILES string of the molecule is CNC(c1ccc(Cl)s1)c1ccncc1OC. The summed E-state index contributed by atoms with van der Waals surface area (Å²) in [5.74, 6) is 0.774. The molecular weight excluding hydrogens is 256 g/mol. The molecule has 17 heavy (non-hydrogen) atoms. The summed E-state index contributed by atoms with van der Waals surface area (Å²) in [5, 5.41) is 3.27. The third kappa shape index (κ3) is 2.60. The highest BCUT2D eigenvalue weighted by Crippen LogP contribution is 2.34. The van der Waals surface area contributed by atoms with Crippen molar-refractivity contribution in [2.45, 2.75) is 6.04 Å². The second-order valence-corrected chi connectivity index (χ2v) is 5.23. The number of nitrogens with zero attached hydrogens (tertiary/aromatic N) is 1. The number of hydrogen-bond acceptors (Lipinski definition) is 4. The lowest BCUT2D eigenvalue weighted by Crippen LogP contribution is -2.17. The maximum absolute atomic E-state index is 5.97. The zero-order chi connectivity index (χ0) is 12.3. The van der Waals surface area contributed by atoms with Crippen LogP contribution < -0.4 is 10.1 Å². The number of nitrogens with one attached hydrogen (secondary N) is 1. The molecule has 1 N–H and O–H groups in total. The molecule has 0 aliphatic rings. The van der Waals surface area contributed by atoms with Gasteiger partial charge in [-0.3, -0.25) is 4.98 Å². The minimum atomic E-state index is 0.0745. The molecule has 0 fully saturated rings. The fourth-order valence-corrected chi connectivity index (χ4v) is 2.92. The van der Waals surface area contributed by atoms with Crippen molar-refractivity contribution < 1.29 is 4.74 Å². The van der Waals surface area contributed by atoms with Crippen LogP contribution in [0, 0.1) is 0 Å². The number of methoxy groups -OCH3 is 1. The predicted octanol–water partition coefficient (Wildman–Crippen LogP) is 3.11. The molecule has 5 heteroatoms. The Kier molecular flexibility index (Phi) is 3.99. The van der Waals surface area contributed by atoms with E-state index < -0.39 is 0 Å². The van der Waals surface area contributed by atoms with Gasteiger partial charge in [0.15, 0.2) is 0 Å². The molecule has 0 amide bonds. The van der Waals surface area contributed by atoms with E-state index in [9.17, 15) is 0 Å². The van der Waals surface area contributed by atoms with Gasteiger partial charge in [-0.05, 0) is 25.2 Å². The summed E-state index contributed by atoms with van der Waals surface area (Å²) >= 11 is 7.53. The Labute approximate surface area is 109 Å². The van der Waals surface area contributed by atoms with Crippen LogP contribution in [0.2, 0.25) is 4.34 Å². The molecule has 0 saturated heterocycles. The lowest BCUT2D eigenvalue weighted by atomic mass is 10.1. The molecule has 0 aliphatic carbocycles. The first-order valence-corrected chi connectivity index (χ1v) is 6.36. The molecule has 2 rings (SSSR count). The first-order valence-electron chi connectivity index (χ1n) is 5.16. The molecule has 2 aromatic heterocycles. The highest BCUT2D eigenvalue weighted by molar-refractivity contribution is 7.16. The van der Waals surface area contributed by atoms with Gasteiger partial charge in [-0.2, -0.15) is 0 Å². The molecule has 0 bridgehead atoms. The van der Waals surface area contributed by atoms with E-state index in [1.165, 1.54) is 0 Å². The number of rotatable bonds is 4. The van der Waals surface area contributed by atoms with Gasteiger partial charge in [0, 0.05) is 16.6 Å². The fraction of sp³-hybridized carbons (Fsp3) is 0.250. The van der Waals surface area contributed by atoms with Crippen LogP contribution in [0.3, 0.4) is 0 Å². The number of ether oxygens (including phenoxy) is 1. The number of hydrogen-bond donors (Lipinski definition) is 1. The molecule has 0 spiro atoms. The van der Waals surface area contributed by atoms with Gasteiger partial charge in [-0.15, -0.1) is 11.3 Å². The van der Waals surface area contributed by atoms with Gasteiger partial charge in [0.25, 0.3) is 0 Å². The molecular formula is C12H13ClN2OS. The monoisotopic (exact) mass is 268 g/mol. The maximum Gasteiger partial charge on any atom is 0.142 e. The van der Waals surface area contributed by atoms with E-state index >= 15 is 0 Å². The van der Waals surface area contributed by atoms with E-state index in [4.69, 9.17) is 16.3 Å². The van der Waals surface area contributed by atoms with Crippen molar-refractivity contribution in [2.75, 3.05) is 14.2 Å². The Hall–Kier alpha value is -1.10. The van der Waals surface area contributed by atoms with Crippen LogP contribution in [0.4, 0.5) is 0 Å². The van der Waals surface area contributed by atoms with Gasteiger partial charge in [-0.25, -0.2) is 0 Å². The molecule has 0 saturated carbocycles. The van der Waals surface area contributed by atoms with E-state index in [0.717, 1.165) is 20.5 Å². The van der Waals surface area contributed by atoms with E-state index in [0.29, 0.717) is 0 Å². The van der Waals surface area contributed by atoms with E-state index in [2.05, 4.69) is 10.3 Å². The highest BCUT2D eigenvalue weighted by atomic mass is 35.5. The molecule has 2 heterocycles. The van der Waals surface area contributed by atoms with Crippen molar-refractivity contribution in [3.8, 4) is 5.75 Å². The Bertz CT molecular complexity index is 501. The molecule has 0 aliphatic heterocycles. The van der Waals surface area contributed by atoms with Crippen molar-refractivity contribution >= 4 is 22.9 Å². The summed E-state index contributed by atoms with van der Waals surface area (Å²) in [4.78, 5) is 5.21. The van der Waals surface area contributed by atoms with Crippen molar-refractivity contribution in [3.63, 3.8) is 0 Å². The second-order valence-electron chi connectivity index (χ2n) is 3.48. The molecule has 0 aromatic carbocycles. The van der Waals surface area contributed by atoms with Crippen LogP contribution in [-0.4, -0.2) is 19.1 Å². The Morgan fingerprint density at radius 1 is 1.41 bits per heavy atom. The average molecular weight is 269 g/mol. The molecule has 0 radical (unpaired) electrons. The summed E-state index contributed by atoms with van der Waals surface area (Å²) in [5.41, 5.74) is 1.06. The van der Waals surface area contributed by atoms with E-state index in [-0.39, 0.29) is 6.04 Å². The van der Waals surface area contributed by atoms with Gasteiger partial charge in [0.1, 0.15) is 5.75 Å². The lowest BCUT2D eigenvalue weighted by molar-refractivity contribution is 0.403. The fourth-order valence-electron chi connectivity index (χ4n) is 1.73. The summed E-state index contributed by atoms with van der Waals surface area (Å²) in [6, 6.07) is 5.95. The quantitative estimate of drug-likeness (QED) is 0.925. The van der Waals surface area contributed by atoms with Gasteiger partial charge in [0.2, 0.25) is 0 Å². The first-order chi connectivity index (χ1) is 8.26. The lowest BCUT2D eigenvalue weighted by Gasteiger charge is -2.17. The maximum atomic E-state index is 5.97. The van der Waals surface area contributed by atoms with Gasteiger partial charge < -0.3 is 10.1 Å². The van der Waals surface area contributed by atoms with Crippen LogP contribution >= 0.6 is 22.9 Å². The Balaban J connectivity index is 2.41. The third-order valence-electron chi connectivity index (χ3n) is 2.51. The first kappa shape index (κ1) is 12.4. The molecule has 2 aromatic rings. The Morgan fingerprint density at radius 3 is 2.82 bits per heavy atom. The molecule has 3 nitrogen and oxygen atoms in total. The minimum Gasteiger partial charge on any atom is -0.495 e. The van der Waals surface area contributed by atoms with Crippen LogP contribution in [0.25, 0.3) is 0 Å². The van der Waals surface area contributed by atoms with Gasteiger partial charge in [-0.1, -0.05) is 11.6 Å². The van der Waals surface area contributed by atoms with E-state index in [1.807, 2.05) is 25.2 Å². The van der Waals surface area contributed by atoms with Crippen LogP contribution in [-0.2, 0) is 0 Å². The van der Waals surface area contributed by atoms with Crippen LogP contribution in [0.15, 0.2) is 30.6 Å². The number of thiophene rings is 1. The second kappa shape index (κ2) is 5.49. The van der Waals surface area contributed by atoms with Crippen molar-refractivity contribution in [1.82, 2.24) is 10.3 Å². The van der Waals surface area contributed by atoms with E-state index in [1.54, 1.807) is 30.8 Å². The van der Waals surface area contributed by atoms with Crippen molar-refractivity contribution in [2.24, 2.45) is 0 Å². The minimum absolute atomic E-state index is 0.0745. The van der Waals surface area contributed by atoms with Crippen LogP contribution in [0.1, 0.15) is 16.5 Å². The number of halogens is 1. The predicted molar refractivity (Wildman–Crippen MR) is 71.0 cm³/mol. The number of aromatic nitrogens is 1. The van der Waals surface area contributed by atoms with Crippen molar-refractivity contribution in [3.05, 3.63) is 45.4 Å². The van der Waals surface area contributed by atoms with Gasteiger partial charge in [0.05, 0.1) is 23.7 Å². The summed E-state index contributed by atoms with van der Waals surface area (Å²) in [7, 11) is 3.56. The molecule has 1 atom stereocenters. The standard InChI is InChI=1S/C12H13ClN2OS/c1-14-12(10-3-4-11(13)17-10)8-5-6-15-7-9(8)16-2/h3-7,12,14H,1-2H3. The van der Waals surface area contributed by atoms with Gasteiger partial charge >= 0.3 is 0 Å². The zero-order valence-corrected chi connectivity index (χ0v) is 11.2. The highest BCUT2D eigenvalue weighted by Gasteiger charge is 2.18. The molecule has 1 unspecified atom stereocenters. The summed E-state index contributed by atoms with van der Waals surface area (Å²) in [6.45, 7) is 0. The average Bonchev–Trinajstić information content (AvgIpc) is 2.77. The number of pyridine rings is 1. The smallest absolute Gasteiger partial charge is 0.142 e. The summed E-state index contributed by atoms with van der Waals surface area (Å²) < 4.78 is 6.11. The third-order valence-corrected chi connectivity index (χ3v) is 3.81. The van der Waals surface area contributed by atoms with Crippen molar-refractivity contribution in [1.29, 1.82) is 0 Å². The normalized spacial score (nSPS) is 12.4. The zero-order valence-electron chi connectivity index (χ0n) is 9.61. The summed E-state index contributed by atoms with van der Waals surface area (Å²) in [6.07, 6.45) is 3.48.